The van der Waals surface area contributed by atoms with Gasteiger partial charge >= 0.3 is 0 Å². The molecule has 0 bridgehead atoms. The molecule has 2 unspecified atom stereocenters. The summed E-state index contributed by atoms with van der Waals surface area (Å²) in [6.45, 7) is 2.14. The van der Waals surface area contributed by atoms with Crippen LogP contribution in [0.1, 0.15) is 15.9 Å². The predicted molar refractivity (Wildman–Crippen MR) is 151 cm³/mol. The van der Waals surface area contributed by atoms with Gasteiger partial charge in [0.2, 0.25) is 11.8 Å². The third-order valence-corrected chi connectivity index (χ3v) is 7.74. The summed E-state index contributed by atoms with van der Waals surface area (Å²) < 4.78 is 10.9. The number of nitrogens with zero attached hydrogens (tertiary/aromatic N) is 3. The summed E-state index contributed by atoms with van der Waals surface area (Å²) in [6.07, 6.45) is 2.58. The maximum absolute atomic E-state index is 13.3. The van der Waals surface area contributed by atoms with E-state index in [1.54, 1.807) is 24.3 Å². The summed E-state index contributed by atoms with van der Waals surface area (Å²) in [5.41, 5.74) is 6.52. The lowest BCUT2D eigenvalue weighted by atomic mass is 9.90. The quantitative estimate of drug-likeness (QED) is 0.292. The number of nitrogens with two attached hydrogens (primary N) is 1. The molecule has 13 nitrogen and oxygen atoms in total. The van der Waals surface area contributed by atoms with Crippen LogP contribution in [0.15, 0.2) is 30.6 Å². The van der Waals surface area contributed by atoms with Gasteiger partial charge in [0.1, 0.15) is 11.6 Å². The van der Waals surface area contributed by atoms with E-state index < -0.39 is 23.7 Å². The van der Waals surface area contributed by atoms with Crippen LogP contribution in [0, 0.1) is 5.92 Å². The van der Waals surface area contributed by atoms with Crippen molar-refractivity contribution in [1.82, 2.24) is 20.5 Å². The molecule has 2 saturated heterocycles. The van der Waals surface area contributed by atoms with Crippen LogP contribution in [0.2, 0.25) is 10.0 Å². The molecular formula is C26H29Cl2N7O6. The van der Waals surface area contributed by atoms with Gasteiger partial charge < -0.3 is 40.7 Å². The van der Waals surface area contributed by atoms with E-state index in [0.29, 0.717) is 49.0 Å². The summed E-state index contributed by atoms with van der Waals surface area (Å²) in [4.78, 5) is 46.2. The number of rotatable bonds is 8. The average Bonchev–Trinajstić information content (AvgIpc) is 3.31. The Morgan fingerprint density at radius 2 is 2.10 bits per heavy atom. The number of phenols is 1. The third-order valence-electron chi connectivity index (χ3n) is 7.15. The minimum absolute atomic E-state index is 0.0388. The van der Waals surface area contributed by atoms with Crippen molar-refractivity contribution < 1.29 is 29.0 Å². The molecule has 218 valence electrons. The normalized spacial score (nSPS) is 22.2. The first-order valence-electron chi connectivity index (χ1n) is 12.8. The Bertz CT molecular complexity index is 1400. The van der Waals surface area contributed by atoms with E-state index in [4.69, 9.17) is 38.4 Å². The molecule has 15 heteroatoms. The summed E-state index contributed by atoms with van der Waals surface area (Å²) in [7, 11) is 1.62. The third kappa shape index (κ3) is 5.90. The predicted octanol–water partition coefficient (Wildman–Crippen LogP) is 0.959. The van der Waals surface area contributed by atoms with Crippen molar-refractivity contribution in [1.29, 1.82) is 0 Å². The minimum Gasteiger partial charge on any atom is -0.506 e. The minimum atomic E-state index is -0.872. The van der Waals surface area contributed by atoms with Crippen molar-refractivity contribution in [2.75, 3.05) is 56.9 Å². The smallest absolute Gasteiger partial charge is 0.252 e. The van der Waals surface area contributed by atoms with Crippen molar-refractivity contribution >= 4 is 58.0 Å². The molecule has 2 aromatic rings. The number of carbonyl (C=O) groups is 3. The molecule has 4 heterocycles. The second kappa shape index (κ2) is 12.1. The maximum atomic E-state index is 13.3. The summed E-state index contributed by atoms with van der Waals surface area (Å²) in [6, 6.07) is 4.48. The second-order valence-electron chi connectivity index (χ2n) is 9.77. The number of primary amides is 1. The summed E-state index contributed by atoms with van der Waals surface area (Å²) >= 11 is 12.5. The molecule has 1 aromatic heterocycles. The largest absolute Gasteiger partial charge is 0.506 e. The molecule has 6 N–H and O–H groups in total. The Hall–Kier alpha value is -3.62. The van der Waals surface area contributed by atoms with Crippen LogP contribution in [0.25, 0.3) is 5.57 Å². The van der Waals surface area contributed by atoms with E-state index in [0.717, 1.165) is 0 Å². The number of aromatic nitrogens is 1. The topological polar surface area (TPSA) is 171 Å². The van der Waals surface area contributed by atoms with Crippen LogP contribution in [-0.4, -0.2) is 91.6 Å². The molecule has 41 heavy (non-hydrogen) atoms. The molecular weight excluding hydrogens is 577 g/mol. The number of halogens is 2. The van der Waals surface area contributed by atoms with Gasteiger partial charge in [-0.2, -0.15) is 0 Å². The number of ether oxygens (including phenoxy) is 2. The lowest BCUT2D eigenvalue weighted by Gasteiger charge is -2.36. The Morgan fingerprint density at radius 3 is 2.85 bits per heavy atom. The van der Waals surface area contributed by atoms with Gasteiger partial charge in [0.05, 0.1) is 78.7 Å². The maximum Gasteiger partial charge on any atom is 0.252 e. The zero-order valence-corrected chi connectivity index (χ0v) is 23.5. The number of aromatic hydroxyl groups is 1. The molecule has 0 radical (unpaired) electrons. The number of methoxy groups -OCH3 is 1. The fraction of sp³-hybridized carbons (Fsp3) is 0.385. The van der Waals surface area contributed by atoms with Crippen LogP contribution in [0.3, 0.4) is 0 Å². The van der Waals surface area contributed by atoms with Crippen LogP contribution >= 0.6 is 23.2 Å². The molecule has 0 aliphatic carbocycles. The molecule has 2 fully saturated rings. The second-order valence-corrected chi connectivity index (χ2v) is 10.6. The van der Waals surface area contributed by atoms with E-state index in [9.17, 15) is 19.5 Å². The highest BCUT2D eigenvalue weighted by atomic mass is 35.5. The summed E-state index contributed by atoms with van der Waals surface area (Å²) in [5.74, 6) is -2.08. The molecule has 0 spiro atoms. The molecule has 3 atom stereocenters. The number of pyridine rings is 1. The van der Waals surface area contributed by atoms with Gasteiger partial charge in [-0.1, -0.05) is 23.2 Å². The SMILES string of the molecule is COC[C@H]1COCCN1c1cc(NC(=O)CN2C=C(c3cc(Cl)c(O)c(C(N)=O)c3)C3C(=O)NCNC32)c(Cl)cn1. The molecule has 5 rings (SSSR count). The monoisotopic (exact) mass is 605 g/mol. The van der Waals surface area contributed by atoms with Gasteiger partial charge in [0, 0.05) is 25.9 Å². The highest BCUT2D eigenvalue weighted by Crippen LogP contribution is 2.39. The number of morpholine rings is 1. The number of fused-ring (bicyclic) bond motifs is 1. The Balaban J connectivity index is 1.38. The van der Waals surface area contributed by atoms with Gasteiger partial charge in [-0.05, 0) is 23.3 Å². The van der Waals surface area contributed by atoms with Crippen molar-refractivity contribution in [3.8, 4) is 5.75 Å². The molecule has 3 amide bonds. The van der Waals surface area contributed by atoms with Crippen molar-refractivity contribution in [2.45, 2.75) is 12.2 Å². The van der Waals surface area contributed by atoms with Gasteiger partial charge in [0.15, 0.2) is 0 Å². The number of carbonyl (C=O) groups excluding carboxylic acids is 3. The zero-order chi connectivity index (χ0) is 29.3. The highest BCUT2D eigenvalue weighted by molar-refractivity contribution is 6.33. The van der Waals surface area contributed by atoms with E-state index in [-0.39, 0.29) is 46.7 Å². The van der Waals surface area contributed by atoms with Gasteiger partial charge in [-0.3, -0.25) is 19.7 Å². The fourth-order valence-corrected chi connectivity index (χ4v) is 5.62. The van der Waals surface area contributed by atoms with Crippen LogP contribution in [-0.2, 0) is 19.1 Å². The first-order valence-corrected chi connectivity index (χ1v) is 13.5. The Morgan fingerprint density at radius 1 is 1.29 bits per heavy atom. The first-order chi connectivity index (χ1) is 19.7. The van der Waals surface area contributed by atoms with E-state index >= 15 is 0 Å². The number of hydrogen-bond acceptors (Lipinski definition) is 10. The van der Waals surface area contributed by atoms with Gasteiger partial charge in [-0.15, -0.1) is 0 Å². The van der Waals surface area contributed by atoms with Crippen molar-refractivity contribution in [3.05, 3.63) is 51.8 Å². The van der Waals surface area contributed by atoms with E-state index in [2.05, 4.69) is 20.9 Å². The number of amides is 3. The van der Waals surface area contributed by atoms with Gasteiger partial charge in [-0.25, -0.2) is 4.98 Å². The number of benzene rings is 1. The van der Waals surface area contributed by atoms with E-state index in [1.165, 1.54) is 18.3 Å². The average molecular weight is 606 g/mol. The van der Waals surface area contributed by atoms with Crippen LogP contribution in [0.5, 0.6) is 5.75 Å². The summed E-state index contributed by atoms with van der Waals surface area (Å²) in [5, 5.41) is 19.1. The van der Waals surface area contributed by atoms with E-state index in [1.807, 2.05) is 4.90 Å². The van der Waals surface area contributed by atoms with Crippen molar-refractivity contribution in [2.24, 2.45) is 11.7 Å². The van der Waals surface area contributed by atoms with Crippen LogP contribution < -0.4 is 26.6 Å². The lowest BCUT2D eigenvalue weighted by molar-refractivity contribution is -0.128. The number of hydrogen-bond donors (Lipinski definition) is 5. The molecule has 0 saturated carbocycles. The lowest BCUT2D eigenvalue weighted by Crippen LogP contribution is -2.59. The van der Waals surface area contributed by atoms with Gasteiger partial charge in [0.25, 0.3) is 5.91 Å². The molecule has 3 aliphatic rings. The van der Waals surface area contributed by atoms with Crippen LogP contribution in [0.4, 0.5) is 11.5 Å². The first kappa shape index (κ1) is 28.9. The molecule has 3 aliphatic heterocycles. The Labute approximate surface area is 245 Å². The number of nitrogens with one attached hydrogen (secondary N) is 3. The Kier molecular flexibility index (Phi) is 8.52. The zero-order valence-electron chi connectivity index (χ0n) is 22.0. The number of anilines is 2. The highest BCUT2D eigenvalue weighted by Gasteiger charge is 2.43. The fourth-order valence-electron chi connectivity index (χ4n) is 5.25. The standard InChI is InChI=1S/C26H29Cl2N7O6/c1-40-10-14-11-41-3-2-35(14)20-6-19(18(28)7-30-20)33-21(36)9-34-8-16(22-25(34)31-12-32-26(22)39)13-4-15(24(29)38)23(37)17(27)5-13/h4-8,14,22,25,31,37H,2-3,9-12H2,1H3,(H2,29,38)(H,32,39)(H,30,33,36)/t14-,22?,25?/m0/s1. The molecule has 1 aromatic carbocycles. The van der Waals surface area contributed by atoms with Crippen molar-refractivity contribution in [3.63, 3.8) is 0 Å².